The van der Waals surface area contributed by atoms with Crippen LogP contribution in [0.2, 0.25) is 0 Å². The van der Waals surface area contributed by atoms with Gasteiger partial charge in [-0.25, -0.2) is 9.69 Å². The Morgan fingerprint density at radius 2 is 1.89 bits per heavy atom. The Bertz CT molecular complexity index is 468. The van der Waals surface area contributed by atoms with E-state index in [-0.39, 0.29) is 11.9 Å². The zero-order chi connectivity index (χ0) is 13.3. The number of urea groups is 1. The summed E-state index contributed by atoms with van der Waals surface area (Å²) in [7, 11) is 0. The van der Waals surface area contributed by atoms with Crippen molar-refractivity contribution in [2.75, 3.05) is 10.6 Å². The first kappa shape index (κ1) is 12.4. The Labute approximate surface area is 106 Å². The molecule has 0 aromatic heterocycles. The van der Waals surface area contributed by atoms with Gasteiger partial charge in [0.15, 0.2) is 0 Å². The van der Waals surface area contributed by atoms with E-state index in [0.717, 1.165) is 0 Å². The van der Waals surface area contributed by atoms with E-state index >= 15 is 0 Å². The highest BCUT2D eigenvalue weighted by Gasteiger charge is 2.38. The van der Waals surface area contributed by atoms with Crippen molar-refractivity contribution >= 4 is 23.3 Å². The Hall–Kier alpha value is -2.04. The Morgan fingerprint density at radius 1 is 1.28 bits per heavy atom. The van der Waals surface area contributed by atoms with E-state index in [9.17, 15) is 9.59 Å². The number of benzene rings is 1. The molecule has 0 spiro atoms. The van der Waals surface area contributed by atoms with Crippen LogP contribution in [0.1, 0.15) is 20.3 Å². The van der Waals surface area contributed by atoms with E-state index in [1.165, 1.54) is 4.90 Å². The maximum atomic E-state index is 12.1. The molecule has 0 aliphatic carbocycles. The van der Waals surface area contributed by atoms with Crippen molar-refractivity contribution in [2.24, 2.45) is 5.92 Å². The van der Waals surface area contributed by atoms with Crippen molar-refractivity contribution in [1.82, 2.24) is 5.32 Å². The number of hydrogen-bond acceptors (Lipinski definition) is 3. The molecule has 1 aromatic rings. The molecule has 0 saturated carbocycles. The second-order valence-corrected chi connectivity index (χ2v) is 4.90. The maximum absolute atomic E-state index is 12.1. The summed E-state index contributed by atoms with van der Waals surface area (Å²) < 4.78 is 0. The zero-order valence-electron chi connectivity index (χ0n) is 10.5. The number of carbonyl (C=O) groups is 2. The molecular formula is C13H17N3O2. The van der Waals surface area contributed by atoms with Crippen LogP contribution < -0.4 is 16.0 Å². The summed E-state index contributed by atoms with van der Waals surface area (Å²) in [6.45, 7) is 4.04. The molecule has 5 nitrogen and oxygen atoms in total. The van der Waals surface area contributed by atoms with Gasteiger partial charge in [0, 0.05) is 5.69 Å². The number of imide groups is 1. The van der Waals surface area contributed by atoms with Crippen LogP contribution in [-0.2, 0) is 4.79 Å². The summed E-state index contributed by atoms with van der Waals surface area (Å²) in [5.74, 6) is 0.157. The van der Waals surface area contributed by atoms with Gasteiger partial charge in [0.05, 0.1) is 5.69 Å². The first-order valence-corrected chi connectivity index (χ1v) is 5.99. The quantitative estimate of drug-likeness (QED) is 0.631. The maximum Gasteiger partial charge on any atom is 0.329 e. The molecule has 3 N–H and O–H groups in total. The lowest BCUT2D eigenvalue weighted by Crippen LogP contribution is -2.31. The number of carbonyl (C=O) groups excluding carboxylic acids is 2. The van der Waals surface area contributed by atoms with Crippen molar-refractivity contribution < 1.29 is 9.59 Å². The normalized spacial score (nSPS) is 19.5. The third-order valence-corrected chi connectivity index (χ3v) is 2.88. The highest BCUT2D eigenvalue weighted by molar-refractivity contribution is 6.21. The minimum Gasteiger partial charge on any atom is -0.399 e. The average Bonchev–Trinajstić information content (AvgIpc) is 2.55. The molecule has 1 heterocycles. The van der Waals surface area contributed by atoms with Gasteiger partial charge in [-0.2, -0.15) is 0 Å². The van der Waals surface area contributed by atoms with Crippen LogP contribution in [0.15, 0.2) is 24.3 Å². The van der Waals surface area contributed by atoms with Crippen LogP contribution in [-0.4, -0.2) is 18.0 Å². The lowest BCUT2D eigenvalue weighted by atomic mass is 10.0. The van der Waals surface area contributed by atoms with Gasteiger partial charge < -0.3 is 11.1 Å². The highest BCUT2D eigenvalue weighted by Crippen LogP contribution is 2.22. The van der Waals surface area contributed by atoms with Gasteiger partial charge in [0.1, 0.15) is 6.04 Å². The van der Waals surface area contributed by atoms with Crippen molar-refractivity contribution in [1.29, 1.82) is 0 Å². The monoisotopic (exact) mass is 247 g/mol. The number of nitrogens with one attached hydrogen (secondary N) is 1. The number of hydrogen-bond donors (Lipinski definition) is 2. The van der Waals surface area contributed by atoms with Crippen molar-refractivity contribution in [3.8, 4) is 0 Å². The summed E-state index contributed by atoms with van der Waals surface area (Å²) >= 11 is 0. The largest absolute Gasteiger partial charge is 0.399 e. The molecule has 1 saturated heterocycles. The van der Waals surface area contributed by atoms with E-state index in [0.29, 0.717) is 23.7 Å². The summed E-state index contributed by atoms with van der Waals surface area (Å²) in [5.41, 5.74) is 6.74. The van der Waals surface area contributed by atoms with Crippen LogP contribution in [0.4, 0.5) is 16.2 Å². The second kappa shape index (κ2) is 4.68. The predicted molar refractivity (Wildman–Crippen MR) is 70.1 cm³/mol. The van der Waals surface area contributed by atoms with Gasteiger partial charge in [-0.3, -0.25) is 4.79 Å². The van der Waals surface area contributed by atoms with E-state index in [1.807, 2.05) is 13.8 Å². The third kappa shape index (κ3) is 2.30. The fourth-order valence-electron chi connectivity index (χ4n) is 2.03. The average molecular weight is 247 g/mol. The Balaban J connectivity index is 2.21. The van der Waals surface area contributed by atoms with Gasteiger partial charge in [0.2, 0.25) is 0 Å². The molecule has 18 heavy (non-hydrogen) atoms. The van der Waals surface area contributed by atoms with Crippen LogP contribution in [0.25, 0.3) is 0 Å². The third-order valence-electron chi connectivity index (χ3n) is 2.88. The zero-order valence-corrected chi connectivity index (χ0v) is 10.5. The summed E-state index contributed by atoms with van der Waals surface area (Å²) in [6, 6.07) is 5.90. The first-order chi connectivity index (χ1) is 8.49. The number of nitrogens with zero attached hydrogens (tertiary/aromatic N) is 1. The lowest BCUT2D eigenvalue weighted by molar-refractivity contribution is -0.118. The van der Waals surface area contributed by atoms with Gasteiger partial charge >= 0.3 is 6.03 Å². The molecule has 1 aliphatic heterocycles. The Kier molecular flexibility index (Phi) is 3.23. The van der Waals surface area contributed by atoms with Crippen LogP contribution in [0.5, 0.6) is 0 Å². The fourth-order valence-corrected chi connectivity index (χ4v) is 2.03. The molecule has 1 aromatic carbocycles. The number of rotatable bonds is 3. The molecule has 0 radical (unpaired) electrons. The van der Waals surface area contributed by atoms with Gasteiger partial charge in [-0.05, 0) is 36.6 Å². The number of nitrogens with two attached hydrogens (primary N) is 1. The van der Waals surface area contributed by atoms with Crippen LogP contribution in [0, 0.1) is 5.92 Å². The number of nitrogen functional groups attached to an aromatic ring is 1. The number of amides is 3. The molecule has 96 valence electrons. The summed E-state index contributed by atoms with van der Waals surface area (Å²) in [5, 5.41) is 2.70. The first-order valence-electron chi connectivity index (χ1n) is 5.99. The lowest BCUT2D eigenvalue weighted by Gasteiger charge is -2.13. The van der Waals surface area contributed by atoms with E-state index in [1.54, 1.807) is 24.3 Å². The molecule has 1 fully saturated rings. The Morgan fingerprint density at radius 3 is 2.44 bits per heavy atom. The van der Waals surface area contributed by atoms with Gasteiger partial charge in [-0.1, -0.05) is 13.8 Å². The van der Waals surface area contributed by atoms with Crippen molar-refractivity contribution in [2.45, 2.75) is 26.3 Å². The molecular weight excluding hydrogens is 230 g/mol. The van der Waals surface area contributed by atoms with E-state index in [2.05, 4.69) is 5.32 Å². The van der Waals surface area contributed by atoms with Crippen LogP contribution >= 0.6 is 0 Å². The molecule has 3 amide bonds. The SMILES string of the molecule is CC(C)C[C@H]1NC(=O)N(c2ccc(N)cc2)C1=O. The van der Waals surface area contributed by atoms with Crippen LogP contribution in [0.3, 0.4) is 0 Å². The minimum atomic E-state index is -0.421. The molecule has 5 heteroatoms. The van der Waals surface area contributed by atoms with Crippen molar-refractivity contribution in [3.05, 3.63) is 24.3 Å². The fraction of sp³-hybridized carbons (Fsp3) is 0.385. The van der Waals surface area contributed by atoms with Gasteiger partial charge in [-0.15, -0.1) is 0 Å². The minimum absolute atomic E-state index is 0.196. The molecule has 1 aliphatic rings. The predicted octanol–water partition coefficient (Wildman–Crippen LogP) is 1.74. The topological polar surface area (TPSA) is 75.4 Å². The molecule has 2 rings (SSSR count). The smallest absolute Gasteiger partial charge is 0.329 e. The van der Waals surface area contributed by atoms with Gasteiger partial charge in [0.25, 0.3) is 5.91 Å². The van der Waals surface area contributed by atoms with Crippen molar-refractivity contribution in [3.63, 3.8) is 0 Å². The molecule has 0 bridgehead atoms. The number of anilines is 2. The standard InChI is InChI=1S/C13H17N3O2/c1-8(2)7-11-12(17)16(13(18)15-11)10-5-3-9(14)4-6-10/h3-6,8,11H,7,14H2,1-2H3,(H,15,18)/t11-/m1/s1. The molecule has 0 unspecified atom stereocenters. The highest BCUT2D eigenvalue weighted by atomic mass is 16.2. The summed E-state index contributed by atoms with van der Waals surface area (Å²) in [6.07, 6.45) is 0.649. The molecule has 1 atom stereocenters. The second-order valence-electron chi connectivity index (χ2n) is 4.90. The van der Waals surface area contributed by atoms with E-state index < -0.39 is 6.04 Å². The summed E-state index contributed by atoms with van der Waals surface area (Å²) in [4.78, 5) is 25.1. The van der Waals surface area contributed by atoms with E-state index in [4.69, 9.17) is 5.73 Å².